The molecule has 21 heavy (non-hydrogen) atoms. The fourth-order valence-electron chi connectivity index (χ4n) is 2.22. The molecular formula is C14H14N4O3. The summed E-state index contributed by atoms with van der Waals surface area (Å²) in [6.45, 7) is 3.72. The van der Waals surface area contributed by atoms with E-state index >= 15 is 0 Å². The van der Waals surface area contributed by atoms with Crippen molar-refractivity contribution in [2.45, 2.75) is 19.9 Å². The normalized spacial score (nSPS) is 12.5. The lowest BCUT2D eigenvalue weighted by Crippen LogP contribution is -2.08. The van der Waals surface area contributed by atoms with E-state index in [4.69, 9.17) is 4.42 Å². The van der Waals surface area contributed by atoms with Gasteiger partial charge in [0.2, 0.25) is 11.5 Å². The van der Waals surface area contributed by atoms with Gasteiger partial charge in [0.1, 0.15) is 11.5 Å². The molecule has 3 aromatic rings. The number of aromatic nitrogens is 2. The van der Waals surface area contributed by atoms with E-state index in [-0.39, 0.29) is 17.7 Å². The molecule has 0 bridgehead atoms. The monoisotopic (exact) mass is 286 g/mol. The van der Waals surface area contributed by atoms with Crippen molar-refractivity contribution in [3.8, 4) is 0 Å². The van der Waals surface area contributed by atoms with Crippen molar-refractivity contribution >= 4 is 17.3 Å². The minimum absolute atomic E-state index is 0.0827. The van der Waals surface area contributed by atoms with Crippen molar-refractivity contribution in [1.29, 1.82) is 0 Å². The van der Waals surface area contributed by atoms with Crippen LogP contribution in [0.15, 0.2) is 40.9 Å². The highest BCUT2D eigenvalue weighted by molar-refractivity contribution is 5.62. The lowest BCUT2D eigenvalue weighted by Gasteiger charge is -2.10. The van der Waals surface area contributed by atoms with Crippen LogP contribution in [0.2, 0.25) is 0 Å². The summed E-state index contributed by atoms with van der Waals surface area (Å²) in [5.41, 5.74) is 0.523. The molecule has 0 aliphatic rings. The van der Waals surface area contributed by atoms with E-state index < -0.39 is 4.92 Å². The van der Waals surface area contributed by atoms with E-state index in [2.05, 4.69) is 10.3 Å². The summed E-state index contributed by atoms with van der Waals surface area (Å²) in [7, 11) is 0. The third-order valence-electron chi connectivity index (χ3n) is 3.22. The smallest absolute Gasteiger partial charge is 0.372 e. The van der Waals surface area contributed by atoms with Gasteiger partial charge >= 0.3 is 5.82 Å². The first kappa shape index (κ1) is 13.2. The summed E-state index contributed by atoms with van der Waals surface area (Å²) < 4.78 is 6.97. The SMILES string of the molecule is Cc1ccc([C@@H](C)Nc2nc3ccccn3c2[N+](=O)[O-])o1. The number of imidazole rings is 1. The van der Waals surface area contributed by atoms with Gasteiger partial charge in [-0.1, -0.05) is 6.07 Å². The number of anilines is 1. The van der Waals surface area contributed by atoms with Gasteiger partial charge in [-0.15, -0.1) is 0 Å². The first-order valence-corrected chi connectivity index (χ1v) is 6.50. The Bertz CT molecular complexity index is 806. The van der Waals surface area contributed by atoms with Crippen LogP contribution in [0.4, 0.5) is 11.6 Å². The van der Waals surface area contributed by atoms with E-state index in [1.54, 1.807) is 24.4 Å². The van der Waals surface area contributed by atoms with Gasteiger partial charge in [-0.05, 0) is 37.0 Å². The molecule has 1 atom stereocenters. The number of furan rings is 1. The highest BCUT2D eigenvalue weighted by atomic mass is 16.6. The second kappa shape index (κ2) is 4.93. The number of aryl methyl sites for hydroxylation is 1. The molecule has 0 amide bonds. The molecule has 0 aliphatic heterocycles. The number of hydrogen-bond acceptors (Lipinski definition) is 5. The van der Waals surface area contributed by atoms with Gasteiger partial charge < -0.3 is 19.8 Å². The Morgan fingerprint density at radius 1 is 1.38 bits per heavy atom. The molecule has 1 N–H and O–H groups in total. The average Bonchev–Trinajstić information content (AvgIpc) is 3.01. The molecule has 3 rings (SSSR count). The fourth-order valence-corrected chi connectivity index (χ4v) is 2.22. The number of nitrogens with zero attached hydrogens (tertiary/aromatic N) is 3. The fraction of sp³-hybridized carbons (Fsp3) is 0.214. The van der Waals surface area contributed by atoms with Gasteiger partial charge in [0.05, 0.1) is 12.2 Å². The van der Waals surface area contributed by atoms with Gasteiger partial charge in [-0.25, -0.2) is 0 Å². The molecule has 0 aromatic carbocycles. The van der Waals surface area contributed by atoms with Crippen molar-refractivity contribution in [3.63, 3.8) is 0 Å². The van der Waals surface area contributed by atoms with Crippen LogP contribution in [-0.4, -0.2) is 14.3 Å². The molecule has 0 fully saturated rings. The highest BCUT2D eigenvalue weighted by Gasteiger charge is 2.24. The summed E-state index contributed by atoms with van der Waals surface area (Å²) in [6, 6.07) is 8.71. The minimum Gasteiger partial charge on any atom is -0.464 e. The molecule has 7 heteroatoms. The van der Waals surface area contributed by atoms with Gasteiger partial charge in [-0.3, -0.25) is 0 Å². The zero-order valence-electron chi connectivity index (χ0n) is 11.6. The van der Waals surface area contributed by atoms with Gasteiger partial charge in [0.15, 0.2) is 0 Å². The molecule has 0 saturated carbocycles. The lowest BCUT2D eigenvalue weighted by molar-refractivity contribution is -0.389. The topological polar surface area (TPSA) is 85.6 Å². The molecule has 0 saturated heterocycles. The van der Waals surface area contributed by atoms with E-state index in [1.807, 2.05) is 26.0 Å². The summed E-state index contributed by atoms with van der Waals surface area (Å²) in [4.78, 5) is 15.1. The zero-order valence-corrected chi connectivity index (χ0v) is 11.6. The van der Waals surface area contributed by atoms with E-state index in [9.17, 15) is 10.1 Å². The lowest BCUT2D eigenvalue weighted by atomic mass is 10.2. The second-order valence-electron chi connectivity index (χ2n) is 4.78. The number of fused-ring (bicyclic) bond motifs is 1. The van der Waals surface area contributed by atoms with Crippen LogP contribution in [0, 0.1) is 17.0 Å². The largest absolute Gasteiger partial charge is 0.464 e. The third kappa shape index (κ3) is 2.33. The van der Waals surface area contributed by atoms with Crippen molar-refractivity contribution in [2.75, 3.05) is 5.32 Å². The Hall–Kier alpha value is -2.83. The van der Waals surface area contributed by atoms with Gasteiger partial charge in [0, 0.05) is 6.07 Å². The van der Waals surface area contributed by atoms with E-state index in [0.29, 0.717) is 11.4 Å². The maximum atomic E-state index is 11.3. The first-order chi connectivity index (χ1) is 10.1. The molecular weight excluding hydrogens is 272 g/mol. The summed E-state index contributed by atoms with van der Waals surface area (Å²) in [6.07, 6.45) is 1.62. The van der Waals surface area contributed by atoms with E-state index in [0.717, 1.165) is 5.76 Å². The first-order valence-electron chi connectivity index (χ1n) is 6.50. The Morgan fingerprint density at radius 3 is 2.86 bits per heavy atom. The molecule has 0 aliphatic carbocycles. The minimum atomic E-state index is -0.442. The number of nitrogens with one attached hydrogen (secondary N) is 1. The highest BCUT2D eigenvalue weighted by Crippen LogP contribution is 2.29. The second-order valence-corrected chi connectivity index (χ2v) is 4.78. The third-order valence-corrected chi connectivity index (χ3v) is 3.22. The molecule has 3 heterocycles. The van der Waals surface area contributed by atoms with Crippen molar-refractivity contribution in [3.05, 3.63) is 58.2 Å². The number of pyridine rings is 1. The summed E-state index contributed by atoms with van der Waals surface area (Å²) in [5, 5.41) is 14.3. The quantitative estimate of drug-likeness (QED) is 0.587. The zero-order chi connectivity index (χ0) is 15.0. The maximum Gasteiger partial charge on any atom is 0.372 e. The Kier molecular flexibility index (Phi) is 3.09. The Labute approximate surface area is 120 Å². The van der Waals surface area contributed by atoms with Crippen molar-refractivity contribution in [2.24, 2.45) is 0 Å². The Balaban J connectivity index is 2.00. The van der Waals surface area contributed by atoms with Crippen LogP contribution in [0.1, 0.15) is 24.5 Å². The number of nitro groups is 1. The van der Waals surface area contributed by atoms with Crippen LogP contribution >= 0.6 is 0 Å². The van der Waals surface area contributed by atoms with Gasteiger partial charge in [0.25, 0.3) is 0 Å². The molecule has 7 nitrogen and oxygen atoms in total. The molecule has 0 unspecified atom stereocenters. The van der Waals surface area contributed by atoms with Crippen LogP contribution < -0.4 is 5.32 Å². The summed E-state index contributed by atoms with van der Waals surface area (Å²) in [5.74, 6) is 1.65. The van der Waals surface area contributed by atoms with Crippen LogP contribution in [-0.2, 0) is 0 Å². The van der Waals surface area contributed by atoms with Crippen LogP contribution in [0.25, 0.3) is 5.65 Å². The predicted octanol–water partition coefficient (Wildman–Crippen LogP) is 3.32. The summed E-state index contributed by atoms with van der Waals surface area (Å²) >= 11 is 0. The van der Waals surface area contributed by atoms with E-state index in [1.165, 1.54) is 4.40 Å². The number of hydrogen-bond donors (Lipinski definition) is 1. The molecule has 3 aromatic heterocycles. The van der Waals surface area contributed by atoms with Gasteiger partial charge in [-0.2, -0.15) is 9.38 Å². The van der Waals surface area contributed by atoms with Crippen molar-refractivity contribution < 1.29 is 9.34 Å². The molecule has 0 radical (unpaired) electrons. The van der Waals surface area contributed by atoms with Crippen molar-refractivity contribution in [1.82, 2.24) is 9.38 Å². The number of rotatable bonds is 4. The van der Waals surface area contributed by atoms with Crippen LogP contribution in [0.3, 0.4) is 0 Å². The average molecular weight is 286 g/mol. The molecule has 108 valence electrons. The maximum absolute atomic E-state index is 11.3. The standard InChI is InChI=1S/C14H14N4O3/c1-9-6-7-11(21-9)10(2)15-13-14(18(19)20)17-8-4-3-5-12(17)16-13/h3-8,10,15H,1-2H3/t10-/m1/s1. The molecule has 0 spiro atoms. The predicted molar refractivity (Wildman–Crippen MR) is 77.3 cm³/mol. The van der Waals surface area contributed by atoms with Crippen LogP contribution in [0.5, 0.6) is 0 Å². The Morgan fingerprint density at radius 2 is 2.19 bits per heavy atom.